The number of hydrogen-bond donors (Lipinski definition) is 4. The smallest absolute Gasteiger partial charge is 0.164 e. The summed E-state index contributed by atoms with van der Waals surface area (Å²) < 4.78 is 8.97. The highest BCUT2D eigenvalue weighted by atomic mass is 127. The number of imidazole rings is 1. The number of nitrogens with zero attached hydrogens (tertiary/aromatic N) is 5. The van der Waals surface area contributed by atoms with Crippen molar-refractivity contribution >= 4 is 50.5 Å². The SMILES string of the molecule is CC(C)N(C[C@H]1O[C@@H](n2cc(I)c3c(N)ncnc32)[C@H](O)[C@@H]1O)[C@H]1C[C@H](CCc2nc3cc(C(C)(C)C)ccc3[nH]2)C1. The third kappa shape index (κ3) is 5.54. The molecule has 1 saturated carbocycles. The number of ether oxygens (including phenoxy) is 1. The van der Waals surface area contributed by atoms with Crippen LogP contribution in [0.5, 0.6) is 0 Å². The fourth-order valence-corrected chi connectivity index (χ4v) is 7.36. The quantitative estimate of drug-likeness (QED) is 0.198. The van der Waals surface area contributed by atoms with Crippen molar-refractivity contribution in [3.63, 3.8) is 0 Å². The Morgan fingerprint density at radius 3 is 2.67 bits per heavy atom. The van der Waals surface area contributed by atoms with E-state index in [0.29, 0.717) is 30.0 Å². The van der Waals surface area contributed by atoms with Crippen LogP contribution in [0.4, 0.5) is 5.82 Å². The topological polar surface area (TPSA) is 138 Å². The van der Waals surface area contributed by atoms with E-state index in [0.717, 1.165) is 51.5 Å². The molecule has 0 unspecified atom stereocenters. The maximum Gasteiger partial charge on any atom is 0.164 e. The highest BCUT2D eigenvalue weighted by molar-refractivity contribution is 14.1. The van der Waals surface area contributed by atoms with Crippen molar-refractivity contribution in [3.05, 3.63) is 45.7 Å². The highest BCUT2D eigenvalue weighted by Crippen LogP contribution is 2.39. The van der Waals surface area contributed by atoms with E-state index in [-0.39, 0.29) is 11.5 Å². The number of nitrogen functional groups attached to an aromatic ring is 1. The van der Waals surface area contributed by atoms with Gasteiger partial charge in [-0.2, -0.15) is 0 Å². The largest absolute Gasteiger partial charge is 0.387 e. The summed E-state index contributed by atoms with van der Waals surface area (Å²) in [5.74, 6) is 2.08. The summed E-state index contributed by atoms with van der Waals surface area (Å²) in [6, 6.07) is 7.26. The van der Waals surface area contributed by atoms with Gasteiger partial charge in [0.2, 0.25) is 0 Å². The minimum atomic E-state index is -1.08. The van der Waals surface area contributed by atoms with Crippen molar-refractivity contribution in [3.8, 4) is 0 Å². The van der Waals surface area contributed by atoms with Gasteiger partial charge < -0.3 is 30.2 Å². The molecule has 10 nitrogen and oxygen atoms in total. The van der Waals surface area contributed by atoms with E-state index in [9.17, 15) is 10.2 Å². The first-order chi connectivity index (χ1) is 19.9. The third-order valence-corrected chi connectivity index (χ3v) is 9.94. The van der Waals surface area contributed by atoms with Crippen molar-refractivity contribution in [2.24, 2.45) is 5.92 Å². The Bertz CT molecular complexity index is 1570. The second-order valence-electron chi connectivity index (χ2n) is 13.4. The first kappa shape index (κ1) is 29.7. The van der Waals surface area contributed by atoms with Gasteiger partial charge in [-0.15, -0.1) is 0 Å². The maximum absolute atomic E-state index is 11.0. The average molecular weight is 688 g/mol. The molecular weight excluding hydrogens is 645 g/mol. The van der Waals surface area contributed by atoms with Gasteiger partial charge in [0.05, 0.1) is 16.4 Å². The summed E-state index contributed by atoms with van der Waals surface area (Å²) in [4.78, 5) is 19.3. The number of halogens is 1. The van der Waals surface area contributed by atoms with Gasteiger partial charge in [0.15, 0.2) is 6.23 Å². The van der Waals surface area contributed by atoms with Crippen LogP contribution in [0.1, 0.15) is 71.5 Å². The maximum atomic E-state index is 11.0. The fraction of sp³-hybridized carbons (Fsp3) is 0.581. The molecule has 2 aliphatic rings. The van der Waals surface area contributed by atoms with Gasteiger partial charge in [0.25, 0.3) is 0 Å². The number of fused-ring (bicyclic) bond motifs is 2. The van der Waals surface area contributed by atoms with Crippen molar-refractivity contribution in [1.29, 1.82) is 0 Å². The molecule has 0 spiro atoms. The van der Waals surface area contributed by atoms with E-state index in [1.54, 1.807) is 4.57 Å². The number of benzene rings is 1. The Kier molecular flexibility index (Phi) is 8.01. The van der Waals surface area contributed by atoms with Crippen LogP contribution in [-0.2, 0) is 16.6 Å². The lowest BCUT2D eigenvalue weighted by molar-refractivity contribution is -0.0619. The van der Waals surface area contributed by atoms with Crippen LogP contribution in [0.25, 0.3) is 22.1 Å². The molecule has 0 radical (unpaired) electrons. The third-order valence-electron chi connectivity index (χ3n) is 9.13. The molecule has 6 rings (SSSR count). The van der Waals surface area contributed by atoms with Crippen LogP contribution >= 0.6 is 22.6 Å². The molecule has 42 heavy (non-hydrogen) atoms. The number of hydrogen-bond acceptors (Lipinski definition) is 8. The summed E-state index contributed by atoms with van der Waals surface area (Å²) in [6.07, 6.45) is 4.15. The molecule has 1 aromatic carbocycles. The number of aromatic nitrogens is 5. The highest BCUT2D eigenvalue weighted by Gasteiger charge is 2.46. The first-order valence-electron chi connectivity index (χ1n) is 14.9. The van der Waals surface area contributed by atoms with Crippen molar-refractivity contribution in [1.82, 2.24) is 29.4 Å². The zero-order valence-electron chi connectivity index (χ0n) is 25.0. The minimum Gasteiger partial charge on any atom is -0.387 e. The average Bonchev–Trinajstić information content (AvgIpc) is 3.55. The predicted octanol–water partition coefficient (Wildman–Crippen LogP) is 4.53. The zero-order valence-corrected chi connectivity index (χ0v) is 27.1. The summed E-state index contributed by atoms with van der Waals surface area (Å²) in [7, 11) is 0. The summed E-state index contributed by atoms with van der Waals surface area (Å²) in [5.41, 5.74) is 10.2. The van der Waals surface area contributed by atoms with Gasteiger partial charge in [-0.1, -0.05) is 26.8 Å². The van der Waals surface area contributed by atoms with E-state index < -0.39 is 24.5 Å². The van der Waals surface area contributed by atoms with Crippen molar-refractivity contribution < 1.29 is 14.9 Å². The Balaban J connectivity index is 1.07. The van der Waals surface area contributed by atoms with Crippen LogP contribution in [0.3, 0.4) is 0 Å². The van der Waals surface area contributed by atoms with Crippen LogP contribution in [0, 0.1) is 9.49 Å². The molecule has 2 fully saturated rings. The molecule has 5 N–H and O–H groups in total. The normalized spacial score (nSPS) is 26.6. The van der Waals surface area contributed by atoms with Crippen LogP contribution in [0.15, 0.2) is 30.7 Å². The Hall–Kier alpha value is -2.32. The lowest BCUT2D eigenvalue weighted by Crippen LogP contribution is -2.52. The van der Waals surface area contributed by atoms with Crippen molar-refractivity contribution in [2.75, 3.05) is 12.3 Å². The molecule has 0 amide bonds. The number of rotatable bonds is 8. The van der Waals surface area contributed by atoms with E-state index >= 15 is 0 Å². The predicted molar refractivity (Wildman–Crippen MR) is 172 cm³/mol. The molecule has 4 atom stereocenters. The molecule has 3 aromatic heterocycles. The summed E-state index contributed by atoms with van der Waals surface area (Å²) in [6.45, 7) is 11.6. The number of H-pyrrole nitrogens is 1. The van der Waals surface area contributed by atoms with E-state index in [4.69, 9.17) is 15.5 Å². The standard InChI is InChI=1S/C31H42IN7O3/c1-16(2)38(14-23-26(40)27(41)30(42-23)39-13-20(32)25-28(33)34-15-35-29(25)39)19-10-17(11-19)6-9-24-36-21-8-7-18(31(3,4)5)12-22(21)37-24/h7-8,12-13,15-17,19,23,26-27,30,40-41H,6,9-11,14H2,1-5H3,(H,36,37)(H2,33,34,35)/t17-,19-,23-,26-,27-,30-/m1/s1. The van der Waals surface area contributed by atoms with Gasteiger partial charge in [0.1, 0.15) is 41.9 Å². The molecular formula is C31H42IN7O3. The summed E-state index contributed by atoms with van der Waals surface area (Å²) in [5, 5.41) is 22.8. The molecule has 1 saturated heterocycles. The van der Waals surface area contributed by atoms with Gasteiger partial charge in [-0.25, -0.2) is 15.0 Å². The number of aryl methyl sites for hydroxylation is 1. The molecule has 11 heteroatoms. The van der Waals surface area contributed by atoms with Crippen LogP contribution in [-0.4, -0.2) is 76.6 Å². The Morgan fingerprint density at radius 1 is 1.19 bits per heavy atom. The number of aromatic amines is 1. The molecule has 1 aliphatic heterocycles. The monoisotopic (exact) mass is 687 g/mol. The van der Waals surface area contributed by atoms with Gasteiger partial charge in [-0.05, 0) is 84.7 Å². The van der Waals surface area contributed by atoms with Crippen LogP contribution in [0.2, 0.25) is 0 Å². The Morgan fingerprint density at radius 2 is 1.95 bits per heavy atom. The van der Waals surface area contributed by atoms with Crippen molar-refractivity contribution in [2.45, 2.75) is 102 Å². The minimum absolute atomic E-state index is 0.105. The number of nitrogens with one attached hydrogen (secondary N) is 1. The van der Waals surface area contributed by atoms with Crippen LogP contribution < -0.4 is 5.73 Å². The fourth-order valence-electron chi connectivity index (χ4n) is 6.55. The number of nitrogens with two attached hydrogens (primary N) is 1. The first-order valence-corrected chi connectivity index (χ1v) is 16.0. The van der Waals surface area contributed by atoms with Gasteiger partial charge in [-0.3, -0.25) is 4.90 Å². The molecule has 0 bridgehead atoms. The van der Waals surface area contributed by atoms with Gasteiger partial charge >= 0.3 is 0 Å². The number of aliphatic hydroxyl groups is 2. The number of aliphatic hydroxyl groups excluding tert-OH is 2. The zero-order chi connectivity index (χ0) is 29.9. The van der Waals surface area contributed by atoms with E-state index in [2.05, 4.69) is 95.3 Å². The van der Waals surface area contributed by atoms with E-state index in [1.807, 2.05) is 6.20 Å². The summed E-state index contributed by atoms with van der Waals surface area (Å²) >= 11 is 2.18. The lowest BCUT2D eigenvalue weighted by atomic mass is 9.76. The van der Waals surface area contributed by atoms with Gasteiger partial charge in [0, 0.05) is 34.8 Å². The lowest BCUT2D eigenvalue weighted by Gasteiger charge is -2.46. The molecule has 4 heterocycles. The number of anilines is 1. The molecule has 226 valence electrons. The second-order valence-corrected chi connectivity index (χ2v) is 14.5. The van der Waals surface area contributed by atoms with E-state index in [1.165, 1.54) is 11.9 Å². The molecule has 4 aromatic rings. The molecule has 1 aliphatic carbocycles. The Labute approximate surface area is 260 Å². The second kappa shape index (κ2) is 11.3.